The summed E-state index contributed by atoms with van der Waals surface area (Å²) in [7, 11) is 1.99. The Morgan fingerprint density at radius 2 is 1.80 bits per heavy atom. The number of halogens is 3. The Labute approximate surface area is 235 Å². The summed E-state index contributed by atoms with van der Waals surface area (Å²) in [5.74, 6) is -0.617. The Hall–Kier alpha value is -4.28. The van der Waals surface area contributed by atoms with Crippen LogP contribution in [0.2, 0.25) is 0 Å². The number of piperazine rings is 1. The third-order valence-electron chi connectivity index (χ3n) is 7.25. The second kappa shape index (κ2) is 11.7. The van der Waals surface area contributed by atoms with Crippen LogP contribution in [0.15, 0.2) is 65.6 Å². The smallest absolute Gasteiger partial charge is 0.322 e. The number of likely N-dealkylation sites (N-methyl/N-ethyl adjacent to an activating group) is 1. The number of aromatic amines is 1. The maximum atomic E-state index is 14.0. The number of anilines is 1. The van der Waals surface area contributed by atoms with Crippen molar-refractivity contribution < 1.29 is 18.0 Å². The Bertz CT molecular complexity index is 1670. The van der Waals surface area contributed by atoms with Crippen molar-refractivity contribution in [2.45, 2.75) is 19.6 Å². The predicted octanol–water partition coefficient (Wildman–Crippen LogP) is 5.42. The van der Waals surface area contributed by atoms with Gasteiger partial charge in [-0.15, -0.1) is 0 Å². The molecular weight excluding hydrogens is 531 g/mol. The molecule has 7 nitrogen and oxygen atoms in total. The molecule has 2 N–H and O–H groups in total. The number of carbonyl (C=O) groups excluding carboxylic acids is 1. The second-order valence-corrected chi connectivity index (χ2v) is 10.3. The first-order chi connectivity index (χ1) is 19.5. The van der Waals surface area contributed by atoms with Crippen molar-refractivity contribution in [2.24, 2.45) is 0 Å². The van der Waals surface area contributed by atoms with Crippen LogP contribution in [0.3, 0.4) is 0 Å². The number of benzene rings is 2. The molecule has 41 heavy (non-hydrogen) atoms. The molecule has 5 rings (SSSR count). The number of hydrogen-bond donors (Lipinski definition) is 2. The van der Waals surface area contributed by atoms with Crippen LogP contribution < -0.4 is 10.9 Å². The third-order valence-corrected chi connectivity index (χ3v) is 7.25. The zero-order valence-electron chi connectivity index (χ0n) is 22.8. The minimum absolute atomic E-state index is 0.0580. The van der Waals surface area contributed by atoms with Gasteiger partial charge in [-0.3, -0.25) is 14.5 Å². The van der Waals surface area contributed by atoms with Crippen molar-refractivity contribution in [1.82, 2.24) is 19.8 Å². The van der Waals surface area contributed by atoms with E-state index < -0.39 is 17.6 Å². The maximum absolute atomic E-state index is 14.0. The standard InChI is InChI=1S/C31H30F3N5O2/c1-20-3-9-26(16-22(20)5-4-21-15-23-8-10-28(40)37-29(23)35-18-21)36-30(41)24-6-7-25(27(17-24)31(32,33)34)19-39-13-11-38(2)12-14-39/h3-10,15-18H,11-14,19H2,1-2H3,(H,36,41)(H,35,37,40)/b5-4+. The summed E-state index contributed by atoms with van der Waals surface area (Å²) >= 11 is 0. The number of rotatable bonds is 6. The number of fused-ring (bicyclic) bond motifs is 1. The number of nitrogens with zero attached hydrogens (tertiary/aromatic N) is 3. The number of alkyl halides is 3. The number of aromatic nitrogens is 2. The topological polar surface area (TPSA) is 81.3 Å². The van der Waals surface area contributed by atoms with Gasteiger partial charge in [0, 0.05) is 61.6 Å². The highest BCUT2D eigenvalue weighted by Crippen LogP contribution is 2.34. The molecule has 2 aromatic carbocycles. The molecule has 1 aliphatic rings. The number of H-pyrrole nitrogens is 1. The Balaban J connectivity index is 1.33. The highest BCUT2D eigenvalue weighted by Gasteiger charge is 2.34. The monoisotopic (exact) mass is 561 g/mol. The van der Waals surface area contributed by atoms with Crippen LogP contribution in [0.25, 0.3) is 23.2 Å². The van der Waals surface area contributed by atoms with E-state index >= 15 is 0 Å². The molecule has 1 amide bonds. The summed E-state index contributed by atoms with van der Waals surface area (Å²) in [5, 5.41) is 3.52. The first kappa shape index (κ1) is 28.3. The number of pyridine rings is 2. The summed E-state index contributed by atoms with van der Waals surface area (Å²) in [5.41, 5.74) is 2.64. The SMILES string of the molecule is Cc1ccc(NC(=O)c2ccc(CN3CCN(C)CC3)c(C(F)(F)F)c2)cc1/C=C/c1cnc2[nH]c(=O)ccc2c1. The number of aryl methyl sites for hydroxylation is 1. The van der Waals surface area contributed by atoms with Crippen LogP contribution in [0, 0.1) is 6.92 Å². The molecule has 0 unspecified atom stereocenters. The lowest BCUT2D eigenvalue weighted by Gasteiger charge is -2.33. The molecule has 0 radical (unpaired) electrons. The van der Waals surface area contributed by atoms with Gasteiger partial charge in [-0.2, -0.15) is 13.2 Å². The van der Waals surface area contributed by atoms with Gasteiger partial charge < -0.3 is 15.2 Å². The Kier molecular flexibility index (Phi) is 8.05. The van der Waals surface area contributed by atoms with Gasteiger partial charge in [0.05, 0.1) is 5.56 Å². The molecule has 4 aromatic rings. The van der Waals surface area contributed by atoms with Gasteiger partial charge in [-0.05, 0) is 72.6 Å². The molecule has 3 heterocycles. The van der Waals surface area contributed by atoms with Crippen LogP contribution >= 0.6 is 0 Å². The van der Waals surface area contributed by atoms with Crippen molar-refractivity contribution in [3.63, 3.8) is 0 Å². The van der Waals surface area contributed by atoms with E-state index in [-0.39, 0.29) is 23.2 Å². The molecule has 1 fully saturated rings. The molecule has 2 aromatic heterocycles. The fourth-order valence-electron chi connectivity index (χ4n) is 4.80. The first-order valence-electron chi connectivity index (χ1n) is 13.3. The van der Waals surface area contributed by atoms with Crippen LogP contribution in [-0.4, -0.2) is 58.9 Å². The molecule has 0 saturated carbocycles. The maximum Gasteiger partial charge on any atom is 0.416 e. The number of carbonyl (C=O) groups is 1. The van der Waals surface area contributed by atoms with E-state index in [1.54, 1.807) is 24.4 Å². The largest absolute Gasteiger partial charge is 0.416 e. The summed E-state index contributed by atoms with van der Waals surface area (Å²) in [6.07, 6.45) is 0.795. The lowest BCUT2D eigenvalue weighted by molar-refractivity contribution is -0.138. The fourth-order valence-corrected chi connectivity index (χ4v) is 4.80. The lowest BCUT2D eigenvalue weighted by Crippen LogP contribution is -2.44. The van der Waals surface area contributed by atoms with E-state index in [0.29, 0.717) is 24.4 Å². The van der Waals surface area contributed by atoms with Gasteiger partial charge in [-0.1, -0.05) is 24.3 Å². The molecule has 1 aliphatic heterocycles. The van der Waals surface area contributed by atoms with Crippen LogP contribution in [0.4, 0.5) is 18.9 Å². The quantitative estimate of drug-likeness (QED) is 0.329. The molecule has 0 spiro atoms. The molecule has 1 saturated heterocycles. The van der Waals surface area contributed by atoms with Crippen molar-refractivity contribution >= 4 is 34.8 Å². The van der Waals surface area contributed by atoms with Gasteiger partial charge in [0.1, 0.15) is 5.65 Å². The summed E-state index contributed by atoms with van der Waals surface area (Å²) in [4.78, 5) is 35.6. The molecule has 0 atom stereocenters. The molecule has 212 valence electrons. The van der Waals surface area contributed by atoms with Gasteiger partial charge in [0.25, 0.3) is 5.91 Å². The van der Waals surface area contributed by atoms with Crippen molar-refractivity contribution in [2.75, 3.05) is 38.5 Å². The predicted molar refractivity (Wildman–Crippen MR) is 155 cm³/mol. The molecular formula is C31H30F3N5O2. The van der Waals surface area contributed by atoms with Crippen molar-refractivity contribution in [1.29, 1.82) is 0 Å². The molecule has 10 heteroatoms. The molecule has 0 aliphatic carbocycles. The van der Waals surface area contributed by atoms with Crippen LogP contribution in [0.5, 0.6) is 0 Å². The molecule has 0 bridgehead atoms. The summed E-state index contributed by atoms with van der Waals surface area (Å²) in [6, 6.07) is 14.1. The van der Waals surface area contributed by atoms with E-state index in [0.717, 1.165) is 41.2 Å². The fraction of sp³-hybridized carbons (Fsp3) is 0.258. The van der Waals surface area contributed by atoms with Gasteiger partial charge in [0.2, 0.25) is 5.56 Å². The van der Waals surface area contributed by atoms with E-state index in [9.17, 15) is 22.8 Å². The zero-order chi connectivity index (χ0) is 29.1. The summed E-state index contributed by atoms with van der Waals surface area (Å²) < 4.78 is 41.9. The number of nitrogens with one attached hydrogen (secondary N) is 2. The normalized spacial score (nSPS) is 15.0. The van der Waals surface area contributed by atoms with Crippen LogP contribution in [0.1, 0.15) is 38.2 Å². The Morgan fingerprint density at radius 3 is 2.56 bits per heavy atom. The van der Waals surface area contributed by atoms with E-state index in [4.69, 9.17) is 0 Å². The van der Waals surface area contributed by atoms with Crippen LogP contribution in [-0.2, 0) is 12.7 Å². The third kappa shape index (κ3) is 6.90. The Morgan fingerprint density at radius 1 is 1.02 bits per heavy atom. The van der Waals surface area contributed by atoms with E-state index in [1.807, 2.05) is 43.2 Å². The minimum atomic E-state index is -4.58. The lowest BCUT2D eigenvalue weighted by atomic mass is 10.0. The zero-order valence-corrected chi connectivity index (χ0v) is 22.8. The highest BCUT2D eigenvalue weighted by molar-refractivity contribution is 6.04. The van der Waals surface area contributed by atoms with E-state index in [1.165, 1.54) is 18.2 Å². The number of amides is 1. The first-order valence-corrected chi connectivity index (χ1v) is 13.3. The van der Waals surface area contributed by atoms with E-state index in [2.05, 4.69) is 20.2 Å². The highest BCUT2D eigenvalue weighted by atomic mass is 19.4. The summed E-state index contributed by atoms with van der Waals surface area (Å²) in [6.45, 7) is 5.09. The van der Waals surface area contributed by atoms with Gasteiger partial charge in [0.15, 0.2) is 0 Å². The van der Waals surface area contributed by atoms with Gasteiger partial charge in [-0.25, -0.2) is 4.98 Å². The van der Waals surface area contributed by atoms with Crippen molar-refractivity contribution in [3.05, 3.63) is 105 Å². The average molecular weight is 562 g/mol. The van der Waals surface area contributed by atoms with Gasteiger partial charge >= 0.3 is 6.18 Å². The average Bonchev–Trinajstić information content (AvgIpc) is 2.94. The minimum Gasteiger partial charge on any atom is -0.322 e. The number of hydrogen-bond acceptors (Lipinski definition) is 5. The second-order valence-electron chi connectivity index (χ2n) is 10.3. The van der Waals surface area contributed by atoms with Crippen molar-refractivity contribution in [3.8, 4) is 0 Å².